The molecule has 0 unspecified atom stereocenters. The maximum Gasteiger partial charge on any atom is 0.242 e. The summed E-state index contributed by atoms with van der Waals surface area (Å²) in [5.74, 6) is -1.76. The molecule has 0 saturated carbocycles. The van der Waals surface area contributed by atoms with Crippen LogP contribution in [-0.4, -0.2) is 117 Å². The number of Topliss-reactive ketones (excluding diaryl/α,β-unsaturated/α-hetero) is 1. The second kappa shape index (κ2) is 11.5. The molecular formula is C19H35N5O5. The van der Waals surface area contributed by atoms with E-state index in [-0.39, 0.29) is 44.4 Å². The van der Waals surface area contributed by atoms with Gasteiger partial charge in [-0.3, -0.25) is 24.0 Å². The van der Waals surface area contributed by atoms with Gasteiger partial charge in [0.2, 0.25) is 23.6 Å². The SMILES string of the molecule is [2H]N(C)CC(=O)N(C)CC(=O)N(C)CC(=O)N(C)CC(=O)N(C)CC(=O)C(C)(C)C. The molecule has 0 aliphatic carbocycles. The molecule has 0 atom stereocenters. The van der Waals surface area contributed by atoms with Gasteiger partial charge in [0.25, 0.3) is 0 Å². The highest BCUT2D eigenvalue weighted by Crippen LogP contribution is 2.14. The number of hydrogen-bond acceptors (Lipinski definition) is 6. The molecule has 4 amide bonds. The van der Waals surface area contributed by atoms with Crippen LogP contribution in [-0.2, 0) is 24.0 Å². The van der Waals surface area contributed by atoms with E-state index in [9.17, 15) is 24.0 Å². The van der Waals surface area contributed by atoms with Crippen molar-refractivity contribution in [3.8, 4) is 0 Å². The van der Waals surface area contributed by atoms with E-state index in [4.69, 9.17) is 1.41 Å². The van der Waals surface area contributed by atoms with Gasteiger partial charge < -0.3 is 24.9 Å². The molecule has 10 nitrogen and oxygen atoms in total. The summed E-state index contributed by atoms with van der Waals surface area (Å²) in [5, 5.41) is 0.953. The van der Waals surface area contributed by atoms with Gasteiger partial charge in [0.1, 0.15) is 1.41 Å². The zero-order valence-corrected chi connectivity index (χ0v) is 18.8. The lowest BCUT2D eigenvalue weighted by Crippen LogP contribution is -2.47. The van der Waals surface area contributed by atoms with Crippen molar-refractivity contribution in [3.05, 3.63) is 0 Å². The molecule has 29 heavy (non-hydrogen) atoms. The van der Waals surface area contributed by atoms with Gasteiger partial charge in [-0.05, 0) is 7.05 Å². The number of carbonyl (C=O) groups excluding carboxylic acids is 5. The lowest BCUT2D eigenvalue weighted by Gasteiger charge is -2.26. The number of hydrogen-bond donors (Lipinski definition) is 1. The number of nitrogens with one attached hydrogen (secondary N) is 1. The van der Waals surface area contributed by atoms with Gasteiger partial charge in [-0.15, -0.1) is 0 Å². The van der Waals surface area contributed by atoms with Crippen molar-refractivity contribution >= 4 is 29.4 Å². The van der Waals surface area contributed by atoms with Gasteiger partial charge in [-0.2, -0.15) is 0 Å². The summed E-state index contributed by atoms with van der Waals surface area (Å²) in [6, 6.07) is 0. The number of ketones is 1. The summed E-state index contributed by atoms with van der Waals surface area (Å²) >= 11 is 0. The van der Waals surface area contributed by atoms with Crippen molar-refractivity contribution in [3.63, 3.8) is 0 Å². The second-order valence-corrected chi connectivity index (χ2v) is 8.15. The Morgan fingerprint density at radius 3 is 1.31 bits per heavy atom. The van der Waals surface area contributed by atoms with Crippen LogP contribution in [0.3, 0.4) is 0 Å². The number of amides is 4. The summed E-state index contributed by atoms with van der Waals surface area (Å²) < 4.78 is 7.25. The fraction of sp³-hybridized carbons (Fsp3) is 0.737. The highest BCUT2D eigenvalue weighted by atomic mass is 16.2. The minimum Gasteiger partial charge on any atom is -0.337 e. The van der Waals surface area contributed by atoms with E-state index < -0.39 is 23.1 Å². The summed E-state index contributed by atoms with van der Waals surface area (Å²) in [5.41, 5.74) is -0.566. The third-order valence-corrected chi connectivity index (χ3v) is 4.33. The van der Waals surface area contributed by atoms with Gasteiger partial charge in [0.05, 0.1) is 32.7 Å². The van der Waals surface area contributed by atoms with Crippen LogP contribution in [0.4, 0.5) is 0 Å². The first-order valence-electron chi connectivity index (χ1n) is 9.70. The van der Waals surface area contributed by atoms with E-state index in [1.165, 1.54) is 54.8 Å². The van der Waals surface area contributed by atoms with Crippen LogP contribution >= 0.6 is 0 Å². The Bertz CT molecular complexity index is 662. The average molecular weight is 415 g/mol. The van der Waals surface area contributed by atoms with Crippen LogP contribution in [0, 0.1) is 5.41 Å². The monoisotopic (exact) mass is 414 g/mol. The number of nitrogens with zero attached hydrogens (tertiary/aromatic N) is 4. The molecule has 0 aliphatic heterocycles. The van der Waals surface area contributed by atoms with E-state index in [0.717, 1.165) is 5.31 Å². The highest BCUT2D eigenvalue weighted by Gasteiger charge is 2.25. The average Bonchev–Trinajstić information content (AvgIpc) is 2.59. The quantitative estimate of drug-likeness (QED) is 0.474. The molecule has 1 N–H and O–H groups in total. The predicted molar refractivity (Wildman–Crippen MR) is 109 cm³/mol. The van der Waals surface area contributed by atoms with Crippen molar-refractivity contribution < 1.29 is 25.4 Å². The summed E-state index contributed by atoms with van der Waals surface area (Å²) in [6.45, 7) is 4.41. The lowest BCUT2D eigenvalue weighted by molar-refractivity contribution is -0.144. The molecule has 166 valence electrons. The van der Waals surface area contributed by atoms with Crippen LogP contribution in [0.1, 0.15) is 20.8 Å². The fourth-order valence-electron chi connectivity index (χ4n) is 2.03. The van der Waals surface area contributed by atoms with E-state index in [2.05, 4.69) is 0 Å². The zero-order chi connectivity index (χ0) is 23.8. The molecule has 0 saturated heterocycles. The van der Waals surface area contributed by atoms with E-state index in [1.807, 2.05) is 0 Å². The molecule has 0 aromatic rings. The summed E-state index contributed by atoms with van der Waals surface area (Å²) in [4.78, 5) is 65.6. The Morgan fingerprint density at radius 1 is 0.690 bits per heavy atom. The van der Waals surface area contributed by atoms with Crippen molar-refractivity contribution in [1.29, 1.82) is 0 Å². The molecule has 10 heteroatoms. The summed E-state index contributed by atoms with van der Waals surface area (Å²) in [6.07, 6.45) is 0. The first kappa shape index (κ1) is 24.5. The molecule has 0 rings (SSSR count). The highest BCUT2D eigenvalue weighted by molar-refractivity contribution is 5.92. The topological polar surface area (TPSA) is 110 Å². The molecule has 0 aromatic heterocycles. The molecule has 0 fully saturated rings. The minimum absolute atomic E-state index is 0.0450. The van der Waals surface area contributed by atoms with Gasteiger partial charge in [-0.25, -0.2) is 0 Å². The largest absolute Gasteiger partial charge is 0.337 e. The molecule has 0 heterocycles. The van der Waals surface area contributed by atoms with Crippen molar-refractivity contribution in [2.75, 3.05) is 68.0 Å². The minimum atomic E-state index is -0.566. The third kappa shape index (κ3) is 9.51. The van der Waals surface area contributed by atoms with Crippen LogP contribution in [0.25, 0.3) is 0 Å². The zero-order valence-electron chi connectivity index (χ0n) is 19.8. The van der Waals surface area contributed by atoms with Crippen molar-refractivity contribution in [1.82, 2.24) is 24.9 Å². The second-order valence-electron chi connectivity index (χ2n) is 8.15. The van der Waals surface area contributed by atoms with Crippen LogP contribution in [0.2, 0.25) is 1.41 Å². The number of rotatable bonds is 10. The Balaban J connectivity index is 4.63. The summed E-state index contributed by atoms with van der Waals surface area (Å²) in [7, 11) is 7.24. The Kier molecular flexibility index (Phi) is 9.73. The number of likely N-dealkylation sites (N-methyl/N-ethyl adjacent to an activating group) is 5. The molecule has 0 aromatic carbocycles. The molecule has 0 bridgehead atoms. The molecule has 0 spiro atoms. The van der Waals surface area contributed by atoms with Gasteiger partial charge in [-0.1, -0.05) is 20.8 Å². The normalized spacial score (nSPS) is 11.6. The van der Waals surface area contributed by atoms with Gasteiger partial charge in [0, 0.05) is 33.6 Å². The first-order chi connectivity index (χ1) is 13.6. The first-order valence-corrected chi connectivity index (χ1v) is 9.25. The Hall–Kier alpha value is -2.49. The molecule has 0 radical (unpaired) electrons. The van der Waals surface area contributed by atoms with E-state index >= 15 is 0 Å². The maximum absolute atomic E-state index is 12.3. The fourth-order valence-corrected chi connectivity index (χ4v) is 2.03. The standard InChI is InChI=1S/C19H35N5O5/c1-19(2,3)14(25)10-21(5)16(27)12-23(7)18(29)13-24(8)17(28)11-22(6)15(26)9-20-4/h20H,9-13H2,1-8H3/i/hD. The smallest absolute Gasteiger partial charge is 0.242 e. The molecular weight excluding hydrogens is 378 g/mol. The predicted octanol–water partition coefficient (Wildman–Crippen LogP) is -1.35. The van der Waals surface area contributed by atoms with E-state index in [1.54, 1.807) is 20.8 Å². The third-order valence-electron chi connectivity index (χ3n) is 4.33. The van der Waals surface area contributed by atoms with Crippen LogP contribution in [0.15, 0.2) is 0 Å². The number of carbonyl (C=O) groups is 5. The lowest BCUT2D eigenvalue weighted by atomic mass is 9.90. The Morgan fingerprint density at radius 2 is 1.00 bits per heavy atom. The van der Waals surface area contributed by atoms with E-state index in [0.29, 0.717) is 0 Å². The Labute approximate surface area is 174 Å². The van der Waals surface area contributed by atoms with Crippen LogP contribution < -0.4 is 5.31 Å². The van der Waals surface area contributed by atoms with Crippen molar-refractivity contribution in [2.24, 2.45) is 5.41 Å². The van der Waals surface area contributed by atoms with Gasteiger partial charge >= 0.3 is 0 Å². The van der Waals surface area contributed by atoms with Crippen molar-refractivity contribution in [2.45, 2.75) is 20.8 Å². The van der Waals surface area contributed by atoms with Crippen LogP contribution in [0.5, 0.6) is 0 Å². The van der Waals surface area contributed by atoms with Gasteiger partial charge in [0.15, 0.2) is 5.78 Å². The molecule has 0 aliphatic rings. The maximum atomic E-state index is 12.3.